The largest absolute Gasteiger partial charge is 0.507 e. The van der Waals surface area contributed by atoms with Crippen LogP contribution in [0.25, 0.3) is 11.3 Å². The quantitative estimate of drug-likeness (QED) is 0.460. The van der Waals surface area contributed by atoms with Crippen molar-refractivity contribution < 1.29 is 19.1 Å². The summed E-state index contributed by atoms with van der Waals surface area (Å²) in [7, 11) is 0. The lowest BCUT2D eigenvalue weighted by Gasteiger charge is -2.25. The number of rotatable bonds is 6. The summed E-state index contributed by atoms with van der Waals surface area (Å²) in [5, 5.41) is 20.6. The van der Waals surface area contributed by atoms with Crippen LogP contribution in [-0.4, -0.2) is 26.8 Å². The van der Waals surface area contributed by atoms with E-state index in [1.54, 1.807) is 38.1 Å². The highest BCUT2D eigenvalue weighted by molar-refractivity contribution is 5.93. The Morgan fingerprint density at radius 3 is 2.52 bits per heavy atom. The second kappa shape index (κ2) is 9.44. The molecule has 0 aliphatic heterocycles. The zero-order valence-corrected chi connectivity index (χ0v) is 18.6. The topological polar surface area (TPSA) is 96.2 Å². The van der Waals surface area contributed by atoms with Gasteiger partial charge in [-0.15, -0.1) is 0 Å². The van der Waals surface area contributed by atoms with Crippen LogP contribution in [0, 0.1) is 11.7 Å². The van der Waals surface area contributed by atoms with Crippen LogP contribution in [0.2, 0.25) is 0 Å². The average Bonchev–Trinajstić information content (AvgIpc) is 3.17. The lowest BCUT2D eigenvalue weighted by Crippen LogP contribution is -2.31. The number of halogens is 1. The van der Waals surface area contributed by atoms with E-state index < -0.39 is 6.03 Å². The predicted molar refractivity (Wildman–Crippen MR) is 123 cm³/mol. The maximum Gasteiger partial charge on any atom is 0.342 e. The number of phenols is 1. The molecule has 33 heavy (non-hydrogen) atoms. The molecular formula is C25H27FN4O3. The Morgan fingerprint density at radius 2 is 1.88 bits per heavy atom. The lowest BCUT2D eigenvalue weighted by atomic mass is 9.82. The molecule has 2 amide bonds. The molecule has 1 heterocycles. The number of phenolic OH excluding ortho intramolecular Hbond substituents is 1. The number of hydrogen-bond acceptors (Lipinski definition) is 4. The molecule has 4 rings (SSSR count). The van der Waals surface area contributed by atoms with Crippen molar-refractivity contribution in [2.45, 2.75) is 45.6 Å². The van der Waals surface area contributed by atoms with E-state index >= 15 is 0 Å². The van der Waals surface area contributed by atoms with E-state index in [0.29, 0.717) is 16.9 Å². The van der Waals surface area contributed by atoms with E-state index in [-0.39, 0.29) is 35.9 Å². The Labute approximate surface area is 191 Å². The van der Waals surface area contributed by atoms with Gasteiger partial charge < -0.3 is 15.7 Å². The molecule has 7 nitrogen and oxygen atoms in total. The Balaban J connectivity index is 1.60. The highest BCUT2D eigenvalue weighted by atomic mass is 19.1. The number of nitrogens with zero attached hydrogens (tertiary/aromatic N) is 2. The van der Waals surface area contributed by atoms with E-state index in [4.69, 9.17) is 0 Å². The fraction of sp³-hybridized carbons (Fsp3) is 0.320. The summed E-state index contributed by atoms with van der Waals surface area (Å²) in [5.74, 6) is -0.424. The first-order valence-corrected chi connectivity index (χ1v) is 11.1. The molecule has 3 aromatic rings. The Hall–Kier alpha value is -3.68. The molecule has 172 valence electrons. The first-order valence-electron chi connectivity index (χ1n) is 11.1. The van der Waals surface area contributed by atoms with E-state index in [0.717, 1.165) is 30.5 Å². The van der Waals surface area contributed by atoms with Crippen LogP contribution in [0.4, 0.5) is 14.9 Å². The Bertz CT molecular complexity index is 1170. The molecule has 0 radical (unpaired) electrons. The van der Waals surface area contributed by atoms with Crippen LogP contribution in [0.5, 0.6) is 5.75 Å². The molecule has 1 aliphatic rings. The smallest absolute Gasteiger partial charge is 0.342 e. The monoisotopic (exact) mass is 450 g/mol. The number of amides is 2. The van der Waals surface area contributed by atoms with Crippen LogP contribution in [0.1, 0.15) is 50.3 Å². The summed E-state index contributed by atoms with van der Waals surface area (Å²) >= 11 is 0. The van der Waals surface area contributed by atoms with Gasteiger partial charge >= 0.3 is 6.03 Å². The number of anilines is 1. The van der Waals surface area contributed by atoms with Crippen LogP contribution in [-0.2, 0) is 11.3 Å². The van der Waals surface area contributed by atoms with Gasteiger partial charge in [0.2, 0.25) is 5.91 Å². The van der Waals surface area contributed by atoms with Crippen molar-refractivity contribution in [2.24, 2.45) is 5.92 Å². The second-order valence-corrected chi connectivity index (χ2v) is 8.66. The number of aromatic nitrogens is 2. The van der Waals surface area contributed by atoms with E-state index in [9.17, 15) is 19.1 Å². The lowest BCUT2D eigenvalue weighted by molar-refractivity contribution is -0.118. The fourth-order valence-electron chi connectivity index (χ4n) is 3.65. The van der Waals surface area contributed by atoms with Gasteiger partial charge in [-0.05, 0) is 54.8 Å². The van der Waals surface area contributed by atoms with Crippen molar-refractivity contribution in [3.63, 3.8) is 0 Å². The minimum Gasteiger partial charge on any atom is -0.507 e. The van der Waals surface area contributed by atoms with Crippen molar-refractivity contribution in [2.75, 3.05) is 5.32 Å². The Kier molecular flexibility index (Phi) is 6.44. The number of nitrogens with one attached hydrogen (secondary N) is 2. The third kappa shape index (κ3) is 5.05. The first-order chi connectivity index (χ1) is 15.8. The van der Waals surface area contributed by atoms with E-state index in [2.05, 4.69) is 15.7 Å². The number of aromatic hydroxyl groups is 1. The summed E-state index contributed by atoms with van der Waals surface area (Å²) < 4.78 is 14.5. The maximum atomic E-state index is 13.1. The van der Waals surface area contributed by atoms with Crippen LogP contribution in [0.15, 0.2) is 48.5 Å². The van der Waals surface area contributed by atoms with Gasteiger partial charge in [0.05, 0.1) is 11.4 Å². The molecule has 1 fully saturated rings. The molecule has 1 saturated carbocycles. The molecule has 0 saturated heterocycles. The van der Waals surface area contributed by atoms with Gasteiger partial charge in [-0.1, -0.05) is 32.4 Å². The summed E-state index contributed by atoms with van der Waals surface area (Å²) in [5.41, 5.74) is 2.98. The van der Waals surface area contributed by atoms with Crippen molar-refractivity contribution in [3.8, 4) is 17.0 Å². The van der Waals surface area contributed by atoms with Crippen molar-refractivity contribution in [1.82, 2.24) is 15.1 Å². The number of hydrogen-bond donors (Lipinski definition) is 3. The van der Waals surface area contributed by atoms with Crippen LogP contribution in [0.3, 0.4) is 0 Å². The van der Waals surface area contributed by atoms with Gasteiger partial charge in [-0.3, -0.25) is 4.79 Å². The van der Waals surface area contributed by atoms with Crippen LogP contribution < -0.4 is 10.6 Å². The third-order valence-electron chi connectivity index (χ3n) is 5.87. The van der Waals surface area contributed by atoms with Gasteiger partial charge in [0, 0.05) is 29.6 Å². The van der Waals surface area contributed by atoms with Gasteiger partial charge in [0.15, 0.2) is 0 Å². The minimum absolute atomic E-state index is 0.00840. The highest BCUT2D eigenvalue weighted by Crippen LogP contribution is 2.39. The van der Waals surface area contributed by atoms with E-state index in [1.807, 2.05) is 6.07 Å². The average molecular weight is 451 g/mol. The predicted octanol–water partition coefficient (Wildman–Crippen LogP) is 5.01. The van der Waals surface area contributed by atoms with Gasteiger partial charge in [0.1, 0.15) is 11.6 Å². The summed E-state index contributed by atoms with van der Waals surface area (Å²) in [6.45, 7) is 3.84. The highest BCUT2D eigenvalue weighted by Gasteiger charge is 2.27. The molecule has 1 aromatic heterocycles. The molecule has 8 heteroatoms. The normalized spacial score (nSPS) is 13.6. The summed E-state index contributed by atoms with van der Waals surface area (Å²) in [4.78, 5) is 25.0. The summed E-state index contributed by atoms with van der Waals surface area (Å²) in [6, 6.07) is 12.1. The molecule has 1 aliphatic carbocycles. The maximum absolute atomic E-state index is 13.1. The number of carbonyl (C=O) groups is 2. The number of benzene rings is 2. The molecule has 0 spiro atoms. The van der Waals surface area contributed by atoms with Gasteiger partial charge in [0.25, 0.3) is 0 Å². The van der Waals surface area contributed by atoms with Crippen molar-refractivity contribution >= 4 is 17.6 Å². The SMILES string of the molecule is CC(C)C(=O)Nc1ccc(O)c(-c2cc(C3CCC3)n(C(=O)NCc3ccc(F)cc3)n2)c1. The molecule has 3 N–H and O–H groups in total. The van der Waals surface area contributed by atoms with Crippen LogP contribution >= 0.6 is 0 Å². The Morgan fingerprint density at radius 1 is 1.15 bits per heavy atom. The summed E-state index contributed by atoms with van der Waals surface area (Å²) in [6.07, 6.45) is 3.02. The first kappa shape index (κ1) is 22.5. The van der Waals surface area contributed by atoms with Crippen molar-refractivity contribution in [3.05, 3.63) is 65.6 Å². The molecular weight excluding hydrogens is 423 g/mol. The van der Waals surface area contributed by atoms with Crippen molar-refractivity contribution in [1.29, 1.82) is 0 Å². The van der Waals surface area contributed by atoms with Gasteiger partial charge in [-0.2, -0.15) is 9.78 Å². The second-order valence-electron chi connectivity index (χ2n) is 8.66. The molecule has 0 unspecified atom stereocenters. The standard InChI is InChI=1S/C25H27FN4O3/c1-15(2)24(32)28-19-10-11-23(31)20(12-19)21-13-22(17-4-3-5-17)30(29-21)25(33)27-14-16-6-8-18(26)9-7-16/h6-13,15,17,31H,3-5,14H2,1-2H3,(H,27,33)(H,28,32). The molecule has 0 atom stereocenters. The van der Waals surface area contributed by atoms with E-state index in [1.165, 1.54) is 22.9 Å². The van der Waals surface area contributed by atoms with Gasteiger partial charge in [-0.25, -0.2) is 9.18 Å². The molecule has 0 bridgehead atoms. The zero-order chi connectivity index (χ0) is 23.5. The zero-order valence-electron chi connectivity index (χ0n) is 18.6. The third-order valence-corrected chi connectivity index (χ3v) is 5.87. The number of carbonyl (C=O) groups excluding carboxylic acids is 2. The molecule has 2 aromatic carbocycles. The minimum atomic E-state index is -0.392. The fourth-order valence-corrected chi connectivity index (χ4v) is 3.65.